The zero-order valence-electron chi connectivity index (χ0n) is 9.89. The van der Waals surface area contributed by atoms with Crippen molar-refractivity contribution in [1.29, 1.82) is 0 Å². The second-order valence-electron chi connectivity index (χ2n) is 4.88. The van der Waals surface area contributed by atoms with Crippen molar-refractivity contribution < 1.29 is 10.2 Å². The van der Waals surface area contributed by atoms with E-state index in [1.807, 2.05) is 20.8 Å². The van der Waals surface area contributed by atoms with Crippen LogP contribution in [0.5, 0.6) is 0 Å². The van der Waals surface area contributed by atoms with Crippen molar-refractivity contribution in [3.05, 3.63) is 18.0 Å². The first-order valence-corrected chi connectivity index (χ1v) is 5.87. The maximum Gasteiger partial charge on any atom is 0.108 e. The molecule has 2 N–H and O–H groups in total. The van der Waals surface area contributed by atoms with E-state index in [-0.39, 0.29) is 5.54 Å². The van der Waals surface area contributed by atoms with E-state index in [1.54, 1.807) is 17.1 Å². The molecule has 0 aliphatic heterocycles. The fourth-order valence-electron chi connectivity index (χ4n) is 1.35. The minimum Gasteiger partial charge on any atom is -0.390 e. The molecule has 0 aliphatic carbocycles. The van der Waals surface area contributed by atoms with Crippen molar-refractivity contribution in [3.63, 3.8) is 0 Å². The molecular weight excluding hydrogens is 228 g/mol. The quantitative estimate of drug-likeness (QED) is 0.795. The van der Waals surface area contributed by atoms with Gasteiger partial charge in [0.25, 0.3) is 0 Å². The van der Waals surface area contributed by atoms with E-state index in [1.165, 1.54) is 0 Å². The van der Waals surface area contributed by atoms with Gasteiger partial charge in [0, 0.05) is 17.6 Å². The Morgan fingerprint density at radius 1 is 1.44 bits per heavy atom. The molecule has 2 atom stereocenters. The van der Waals surface area contributed by atoms with Gasteiger partial charge in [-0.3, -0.25) is 4.68 Å². The number of hydrogen-bond acceptors (Lipinski definition) is 3. The van der Waals surface area contributed by atoms with Gasteiger partial charge in [0.15, 0.2) is 0 Å². The van der Waals surface area contributed by atoms with Crippen LogP contribution >= 0.6 is 11.6 Å². The van der Waals surface area contributed by atoms with Crippen LogP contribution in [0.1, 0.15) is 38.9 Å². The van der Waals surface area contributed by atoms with Gasteiger partial charge in [0.1, 0.15) is 6.10 Å². The van der Waals surface area contributed by atoms with Crippen LogP contribution in [-0.4, -0.2) is 32.0 Å². The molecule has 0 bridgehead atoms. The van der Waals surface area contributed by atoms with Gasteiger partial charge in [-0.15, -0.1) is 11.6 Å². The Kier molecular flexibility index (Phi) is 4.35. The average molecular weight is 247 g/mol. The van der Waals surface area contributed by atoms with E-state index in [4.69, 9.17) is 11.6 Å². The van der Waals surface area contributed by atoms with E-state index in [0.29, 0.717) is 17.9 Å². The summed E-state index contributed by atoms with van der Waals surface area (Å²) in [6, 6.07) is 0. The lowest BCUT2D eigenvalue weighted by Crippen LogP contribution is -2.22. The molecule has 0 saturated heterocycles. The van der Waals surface area contributed by atoms with Gasteiger partial charge in [0.05, 0.1) is 17.8 Å². The topological polar surface area (TPSA) is 58.3 Å². The molecule has 0 radical (unpaired) electrons. The summed E-state index contributed by atoms with van der Waals surface area (Å²) in [5.41, 5.74) is 0.489. The highest BCUT2D eigenvalue weighted by Crippen LogP contribution is 2.21. The van der Waals surface area contributed by atoms with Crippen LogP contribution in [0.4, 0.5) is 0 Å². The summed E-state index contributed by atoms with van der Waals surface area (Å²) >= 11 is 5.51. The van der Waals surface area contributed by atoms with Gasteiger partial charge in [-0.2, -0.15) is 5.10 Å². The highest BCUT2D eigenvalue weighted by atomic mass is 35.5. The molecule has 0 spiro atoms. The molecule has 92 valence electrons. The predicted octanol–water partition coefficient (Wildman–Crippen LogP) is 1.66. The number of aliphatic hydroxyl groups is 2. The molecule has 16 heavy (non-hydrogen) atoms. The number of nitrogens with zero attached hydrogens (tertiary/aromatic N) is 2. The molecule has 1 aromatic rings. The summed E-state index contributed by atoms with van der Waals surface area (Å²) in [7, 11) is 0. The lowest BCUT2D eigenvalue weighted by molar-refractivity contribution is 0.0169. The fourth-order valence-corrected chi connectivity index (χ4v) is 1.57. The number of rotatable bonds is 4. The van der Waals surface area contributed by atoms with Crippen molar-refractivity contribution in [1.82, 2.24) is 9.78 Å². The Bertz CT molecular complexity index is 333. The molecule has 1 aromatic heterocycles. The van der Waals surface area contributed by atoms with Gasteiger partial charge in [-0.1, -0.05) is 0 Å². The van der Waals surface area contributed by atoms with Crippen LogP contribution in [0.3, 0.4) is 0 Å². The van der Waals surface area contributed by atoms with Crippen molar-refractivity contribution in [2.75, 3.05) is 5.88 Å². The summed E-state index contributed by atoms with van der Waals surface area (Å²) in [6.07, 6.45) is 1.93. The van der Waals surface area contributed by atoms with Gasteiger partial charge in [0.2, 0.25) is 0 Å². The standard InChI is InChI=1S/C11H19ClN2O2/c1-11(2,3)14-7-8(6-13-14)10(16)9(15)4-5-12/h6-7,9-10,15-16H,4-5H2,1-3H3. The molecule has 0 fully saturated rings. The van der Waals surface area contributed by atoms with Crippen molar-refractivity contribution >= 4 is 11.6 Å². The zero-order chi connectivity index (χ0) is 12.3. The third kappa shape index (κ3) is 3.20. The first-order chi connectivity index (χ1) is 7.36. The molecule has 0 saturated carbocycles. The highest BCUT2D eigenvalue weighted by molar-refractivity contribution is 6.17. The normalized spacial score (nSPS) is 16.1. The Morgan fingerprint density at radius 3 is 2.50 bits per heavy atom. The SMILES string of the molecule is CC(C)(C)n1cc(C(O)C(O)CCCl)cn1. The number of hydrogen-bond donors (Lipinski definition) is 2. The minimum absolute atomic E-state index is 0.130. The molecular formula is C11H19ClN2O2. The van der Waals surface area contributed by atoms with Gasteiger partial charge in [-0.05, 0) is 27.2 Å². The van der Waals surface area contributed by atoms with Crippen molar-refractivity contribution in [2.45, 2.75) is 44.9 Å². The molecule has 5 heteroatoms. The van der Waals surface area contributed by atoms with E-state index in [0.717, 1.165) is 0 Å². The maximum absolute atomic E-state index is 9.84. The second kappa shape index (κ2) is 5.17. The summed E-state index contributed by atoms with van der Waals surface area (Å²) in [6.45, 7) is 6.06. The summed E-state index contributed by atoms with van der Waals surface area (Å²) < 4.78 is 1.76. The Morgan fingerprint density at radius 2 is 2.06 bits per heavy atom. The van der Waals surface area contributed by atoms with Crippen LogP contribution in [0, 0.1) is 0 Å². The maximum atomic E-state index is 9.84. The minimum atomic E-state index is -0.921. The predicted molar refractivity (Wildman–Crippen MR) is 63.5 cm³/mol. The Labute approximate surface area is 101 Å². The third-order valence-corrected chi connectivity index (χ3v) is 2.62. The van der Waals surface area contributed by atoms with Crippen LogP contribution in [-0.2, 0) is 5.54 Å². The first kappa shape index (κ1) is 13.5. The largest absolute Gasteiger partial charge is 0.390 e. The first-order valence-electron chi connectivity index (χ1n) is 5.33. The van der Waals surface area contributed by atoms with Gasteiger partial charge >= 0.3 is 0 Å². The summed E-state index contributed by atoms with van der Waals surface area (Å²) in [4.78, 5) is 0. The van der Waals surface area contributed by atoms with Crippen molar-refractivity contribution in [2.24, 2.45) is 0 Å². The molecule has 4 nitrogen and oxygen atoms in total. The molecule has 0 amide bonds. The number of aromatic nitrogens is 2. The van der Waals surface area contributed by atoms with Crippen LogP contribution in [0.15, 0.2) is 12.4 Å². The lowest BCUT2D eigenvalue weighted by atomic mass is 10.1. The number of aliphatic hydroxyl groups excluding tert-OH is 2. The molecule has 0 aliphatic rings. The summed E-state index contributed by atoms with van der Waals surface area (Å²) in [5.74, 6) is 0.325. The smallest absolute Gasteiger partial charge is 0.108 e. The van der Waals surface area contributed by atoms with Crippen molar-refractivity contribution in [3.8, 4) is 0 Å². The Balaban J connectivity index is 2.78. The van der Waals surface area contributed by atoms with Crippen LogP contribution < -0.4 is 0 Å². The van der Waals surface area contributed by atoms with E-state index >= 15 is 0 Å². The van der Waals surface area contributed by atoms with E-state index in [9.17, 15) is 10.2 Å². The third-order valence-electron chi connectivity index (χ3n) is 2.40. The van der Waals surface area contributed by atoms with Crippen LogP contribution in [0.2, 0.25) is 0 Å². The number of alkyl halides is 1. The highest BCUT2D eigenvalue weighted by Gasteiger charge is 2.21. The van der Waals surface area contributed by atoms with E-state index < -0.39 is 12.2 Å². The van der Waals surface area contributed by atoms with Gasteiger partial charge < -0.3 is 10.2 Å². The van der Waals surface area contributed by atoms with E-state index in [2.05, 4.69) is 5.10 Å². The monoisotopic (exact) mass is 246 g/mol. The average Bonchev–Trinajstić information content (AvgIpc) is 2.65. The fraction of sp³-hybridized carbons (Fsp3) is 0.727. The Hall–Kier alpha value is -0.580. The molecule has 1 heterocycles. The molecule has 2 unspecified atom stereocenters. The second-order valence-corrected chi connectivity index (χ2v) is 5.26. The summed E-state index contributed by atoms with van der Waals surface area (Å²) in [5, 5.41) is 23.6. The molecule has 1 rings (SSSR count). The molecule has 0 aromatic carbocycles. The van der Waals surface area contributed by atoms with Gasteiger partial charge in [-0.25, -0.2) is 0 Å². The van der Waals surface area contributed by atoms with Crippen LogP contribution in [0.25, 0.3) is 0 Å². The number of halogens is 1. The lowest BCUT2D eigenvalue weighted by Gasteiger charge is -2.19. The zero-order valence-corrected chi connectivity index (χ0v) is 10.6.